The summed E-state index contributed by atoms with van der Waals surface area (Å²) >= 11 is 6.04. The summed E-state index contributed by atoms with van der Waals surface area (Å²) in [5.74, 6) is -2.06. The molecule has 1 amide bonds. The number of pyridine rings is 1. The van der Waals surface area contributed by atoms with Crippen LogP contribution in [0.3, 0.4) is 0 Å². The quantitative estimate of drug-likeness (QED) is 0.195. The second kappa shape index (κ2) is 12.3. The van der Waals surface area contributed by atoms with Crippen molar-refractivity contribution in [3.63, 3.8) is 0 Å². The number of Topliss-reactive ketones (excluding diaryl/α,β-unsaturated/α-hetero) is 1. The van der Waals surface area contributed by atoms with Crippen LogP contribution in [-0.2, 0) is 9.63 Å². The maximum Gasteiger partial charge on any atom is 0.335 e. The first kappa shape index (κ1) is 26.0. The van der Waals surface area contributed by atoms with Crippen molar-refractivity contribution in [3.05, 3.63) is 101 Å². The molecule has 4 aromatic rings. The van der Waals surface area contributed by atoms with Gasteiger partial charge in [-0.2, -0.15) is 5.48 Å². The average molecular weight is 515 g/mol. The van der Waals surface area contributed by atoms with E-state index in [0.717, 1.165) is 18.4 Å². The highest BCUT2D eigenvalue weighted by atomic mass is 35.5. The van der Waals surface area contributed by atoms with Crippen LogP contribution in [0.2, 0.25) is 5.02 Å². The van der Waals surface area contributed by atoms with E-state index in [1.165, 1.54) is 0 Å². The number of fused-ring (bicyclic) bond motifs is 1. The molecule has 0 saturated carbocycles. The molecule has 0 aliphatic heterocycles. The number of para-hydroxylation sites is 1. The highest BCUT2D eigenvalue weighted by Gasteiger charge is 2.26. The molecule has 1 aromatic heterocycles. The third-order valence-corrected chi connectivity index (χ3v) is 6.36. The number of nitrogens with zero attached hydrogens (tertiary/aromatic N) is 1. The first-order chi connectivity index (χ1) is 18.0. The lowest BCUT2D eigenvalue weighted by molar-refractivity contribution is -0.154. The summed E-state index contributed by atoms with van der Waals surface area (Å²) in [4.78, 5) is 48.7. The number of halogens is 1. The van der Waals surface area contributed by atoms with Crippen LogP contribution in [0.25, 0.3) is 22.2 Å². The Labute approximate surface area is 220 Å². The summed E-state index contributed by atoms with van der Waals surface area (Å²) in [6.07, 6.45) is 2.02. The number of amides is 1. The Bertz CT molecular complexity index is 1400. The minimum Gasteiger partial charge on any atom is -0.340 e. The van der Waals surface area contributed by atoms with Gasteiger partial charge in [-0.15, -0.1) is 0 Å². The number of hydroxylamine groups is 1. The molecule has 6 nitrogen and oxygen atoms in total. The number of unbranched alkanes of at least 4 members (excludes halogenated alkanes) is 1. The van der Waals surface area contributed by atoms with Crippen molar-refractivity contribution in [1.82, 2.24) is 10.5 Å². The zero-order valence-electron chi connectivity index (χ0n) is 20.4. The lowest BCUT2D eigenvalue weighted by Gasteiger charge is -2.16. The first-order valence-corrected chi connectivity index (χ1v) is 12.6. The van der Waals surface area contributed by atoms with Crippen molar-refractivity contribution < 1.29 is 19.2 Å². The number of hydrogen-bond acceptors (Lipinski definition) is 5. The molecule has 0 saturated heterocycles. The number of nitrogens with one attached hydrogen (secondary N) is 1. The molecule has 1 unspecified atom stereocenters. The number of ketones is 1. The van der Waals surface area contributed by atoms with Gasteiger partial charge in [0.1, 0.15) is 0 Å². The molecule has 4 rings (SSSR count). The fourth-order valence-electron chi connectivity index (χ4n) is 4.09. The fourth-order valence-corrected chi connectivity index (χ4v) is 4.22. The molecule has 0 spiro atoms. The van der Waals surface area contributed by atoms with Crippen LogP contribution in [-0.4, -0.2) is 22.6 Å². The lowest BCUT2D eigenvalue weighted by Crippen LogP contribution is -2.31. The van der Waals surface area contributed by atoms with Gasteiger partial charge < -0.3 is 4.84 Å². The van der Waals surface area contributed by atoms with E-state index in [2.05, 4.69) is 5.48 Å². The molecule has 37 heavy (non-hydrogen) atoms. The molecule has 7 heteroatoms. The van der Waals surface area contributed by atoms with Crippen LogP contribution in [0.15, 0.2) is 84.9 Å². The van der Waals surface area contributed by atoms with E-state index in [9.17, 15) is 14.4 Å². The van der Waals surface area contributed by atoms with E-state index in [4.69, 9.17) is 21.4 Å². The van der Waals surface area contributed by atoms with Gasteiger partial charge in [0.2, 0.25) is 0 Å². The zero-order chi connectivity index (χ0) is 26.2. The van der Waals surface area contributed by atoms with E-state index in [1.807, 2.05) is 43.3 Å². The second-order valence-electron chi connectivity index (χ2n) is 8.76. The largest absolute Gasteiger partial charge is 0.340 e. The summed E-state index contributed by atoms with van der Waals surface area (Å²) in [6.45, 7) is 2.01. The van der Waals surface area contributed by atoms with Gasteiger partial charge >= 0.3 is 5.97 Å². The summed E-state index contributed by atoms with van der Waals surface area (Å²) in [7, 11) is 0. The molecule has 0 fully saturated rings. The van der Waals surface area contributed by atoms with Gasteiger partial charge in [-0.05, 0) is 42.8 Å². The third kappa shape index (κ3) is 6.60. The first-order valence-electron chi connectivity index (χ1n) is 12.2. The summed E-state index contributed by atoms with van der Waals surface area (Å²) < 4.78 is 0. The minimum absolute atomic E-state index is 0.0475. The highest BCUT2D eigenvalue weighted by Crippen LogP contribution is 2.28. The van der Waals surface area contributed by atoms with Gasteiger partial charge in [0.25, 0.3) is 5.91 Å². The standard InChI is InChI=1S/C30H27ClN2O4/c1-2-3-9-22(30(36)37-33-29(35)21-10-5-4-6-11-21)18-28(34)25-19-27(20-14-16-23(31)17-15-20)32-26-13-8-7-12-24(25)26/h4-8,10-17,19,22H,2-3,9,18H2,1H3,(H,33,35). The van der Waals surface area contributed by atoms with E-state index in [-0.39, 0.29) is 12.2 Å². The Kier molecular flexibility index (Phi) is 8.64. The highest BCUT2D eigenvalue weighted by molar-refractivity contribution is 6.30. The maximum absolute atomic E-state index is 13.6. The fraction of sp³-hybridized carbons (Fsp3) is 0.200. The van der Waals surface area contributed by atoms with Gasteiger partial charge in [0.15, 0.2) is 5.78 Å². The molecular formula is C30H27ClN2O4. The number of hydrogen-bond donors (Lipinski definition) is 1. The number of benzene rings is 3. The molecule has 1 atom stereocenters. The van der Waals surface area contributed by atoms with Crippen LogP contribution >= 0.6 is 11.6 Å². The second-order valence-corrected chi connectivity index (χ2v) is 9.20. The summed E-state index contributed by atoms with van der Waals surface area (Å²) in [5, 5.41) is 1.32. The normalized spacial score (nSPS) is 11.6. The van der Waals surface area contributed by atoms with Gasteiger partial charge in [-0.1, -0.05) is 79.9 Å². The van der Waals surface area contributed by atoms with Crippen LogP contribution in [0.5, 0.6) is 0 Å². The predicted molar refractivity (Wildman–Crippen MR) is 144 cm³/mol. The van der Waals surface area contributed by atoms with Gasteiger partial charge in [-0.3, -0.25) is 9.59 Å². The molecule has 0 radical (unpaired) electrons. The molecule has 0 aliphatic carbocycles. The molecule has 1 heterocycles. The Morgan fingerprint density at radius 3 is 2.38 bits per heavy atom. The Morgan fingerprint density at radius 2 is 1.65 bits per heavy atom. The van der Waals surface area contributed by atoms with Gasteiger partial charge in [0, 0.05) is 33.5 Å². The molecule has 0 bridgehead atoms. The number of rotatable bonds is 9. The zero-order valence-corrected chi connectivity index (χ0v) is 21.2. The van der Waals surface area contributed by atoms with Crippen molar-refractivity contribution in [2.45, 2.75) is 32.6 Å². The van der Waals surface area contributed by atoms with Gasteiger partial charge in [0.05, 0.1) is 17.1 Å². The molecule has 0 aliphatic rings. The minimum atomic E-state index is -0.700. The SMILES string of the molecule is CCCCC(CC(=O)c1cc(-c2ccc(Cl)cc2)nc2ccccc12)C(=O)ONC(=O)c1ccccc1. The van der Waals surface area contributed by atoms with E-state index in [1.54, 1.807) is 48.5 Å². The van der Waals surface area contributed by atoms with Crippen LogP contribution < -0.4 is 5.48 Å². The number of carbonyl (C=O) groups is 3. The van der Waals surface area contributed by atoms with Gasteiger partial charge in [-0.25, -0.2) is 9.78 Å². The Hall–Kier alpha value is -4.03. The van der Waals surface area contributed by atoms with E-state index < -0.39 is 17.8 Å². The van der Waals surface area contributed by atoms with Crippen molar-refractivity contribution in [1.29, 1.82) is 0 Å². The smallest absolute Gasteiger partial charge is 0.335 e. The van der Waals surface area contributed by atoms with Crippen molar-refractivity contribution in [2.75, 3.05) is 0 Å². The summed E-state index contributed by atoms with van der Waals surface area (Å²) in [6, 6.07) is 24.9. The van der Waals surface area contributed by atoms with Crippen LogP contribution in [0.1, 0.15) is 53.3 Å². The molecule has 188 valence electrons. The van der Waals surface area contributed by atoms with Crippen molar-refractivity contribution in [2.24, 2.45) is 5.92 Å². The number of carbonyl (C=O) groups excluding carboxylic acids is 3. The number of aromatic nitrogens is 1. The maximum atomic E-state index is 13.6. The van der Waals surface area contributed by atoms with Crippen LogP contribution in [0, 0.1) is 5.92 Å². The average Bonchev–Trinajstić information content (AvgIpc) is 2.93. The van der Waals surface area contributed by atoms with E-state index in [0.29, 0.717) is 39.2 Å². The monoisotopic (exact) mass is 514 g/mol. The molecular weight excluding hydrogens is 488 g/mol. The molecule has 1 N–H and O–H groups in total. The molecule has 3 aromatic carbocycles. The van der Waals surface area contributed by atoms with E-state index >= 15 is 0 Å². The summed E-state index contributed by atoms with van der Waals surface area (Å²) in [5.41, 5.74) is 5.22. The Balaban J connectivity index is 1.56. The topological polar surface area (TPSA) is 85.4 Å². The predicted octanol–water partition coefficient (Wildman–Crippen LogP) is 6.82. The van der Waals surface area contributed by atoms with Crippen molar-refractivity contribution in [3.8, 4) is 11.3 Å². The Morgan fingerprint density at radius 1 is 0.946 bits per heavy atom. The van der Waals surface area contributed by atoms with Crippen LogP contribution in [0.4, 0.5) is 0 Å². The third-order valence-electron chi connectivity index (χ3n) is 6.11. The lowest BCUT2D eigenvalue weighted by atomic mass is 9.91. The van der Waals surface area contributed by atoms with Crippen molar-refractivity contribution >= 4 is 40.2 Å².